The minimum Gasteiger partial charge on any atom is -0.355 e. The van der Waals surface area contributed by atoms with Crippen LogP contribution in [0.3, 0.4) is 0 Å². The molecule has 0 bridgehead atoms. The number of sulfone groups is 1. The summed E-state index contributed by atoms with van der Waals surface area (Å²) in [6.07, 6.45) is 0.590. The van der Waals surface area contributed by atoms with E-state index < -0.39 is 9.84 Å². The Morgan fingerprint density at radius 1 is 1.29 bits per heavy atom. The molecule has 1 saturated heterocycles. The molecule has 0 radical (unpaired) electrons. The second-order valence-electron chi connectivity index (χ2n) is 5.87. The molecular weight excluding hydrogens is 328 g/mol. The van der Waals surface area contributed by atoms with Crippen LogP contribution in [0.5, 0.6) is 0 Å². The molecule has 3 N–H and O–H groups in total. The van der Waals surface area contributed by atoms with Gasteiger partial charge in [-0.05, 0) is 25.5 Å². The van der Waals surface area contributed by atoms with Crippen molar-refractivity contribution in [1.29, 1.82) is 0 Å². The number of nitrogens with one attached hydrogen (secondary N) is 3. The van der Waals surface area contributed by atoms with Gasteiger partial charge in [-0.1, -0.05) is 17.7 Å². The first-order chi connectivity index (χ1) is 11.4. The van der Waals surface area contributed by atoms with Gasteiger partial charge in [-0.3, -0.25) is 9.79 Å². The number of carbonyl (C=O) groups excluding carboxylic acids is 1. The van der Waals surface area contributed by atoms with Crippen LogP contribution < -0.4 is 16.0 Å². The van der Waals surface area contributed by atoms with Gasteiger partial charge in [-0.2, -0.15) is 0 Å². The van der Waals surface area contributed by atoms with Crippen molar-refractivity contribution in [2.24, 2.45) is 4.99 Å². The fourth-order valence-electron chi connectivity index (χ4n) is 2.54. The fraction of sp³-hybridized carbons (Fsp3) is 0.500. The molecule has 1 aromatic carbocycles. The Labute approximate surface area is 142 Å². The Bertz CT molecular complexity index is 716. The van der Waals surface area contributed by atoms with Crippen LogP contribution in [-0.2, 0) is 9.84 Å². The van der Waals surface area contributed by atoms with Crippen LogP contribution in [0.15, 0.2) is 29.3 Å². The summed E-state index contributed by atoms with van der Waals surface area (Å²) in [4.78, 5) is 16.1. The molecule has 0 spiro atoms. The average molecular weight is 352 g/mol. The van der Waals surface area contributed by atoms with E-state index in [2.05, 4.69) is 20.9 Å². The molecular formula is C16H24N4O3S. The molecule has 1 amide bonds. The maximum absolute atomic E-state index is 12.0. The summed E-state index contributed by atoms with van der Waals surface area (Å²) in [6.45, 7) is 2.88. The molecule has 1 aliphatic heterocycles. The van der Waals surface area contributed by atoms with Crippen molar-refractivity contribution in [3.63, 3.8) is 0 Å². The second kappa shape index (κ2) is 8.14. The van der Waals surface area contributed by atoms with Gasteiger partial charge in [-0.15, -0.1) is 0 Å². The molecule has 1 aromatic rings. The van der Waals surface area contributed by atoms with Crippen molar-refractivity contribution < 1.29 is 13.2 Å². The van der Waals surface area contributed by atoms with E-state index >= 15 is 0 Å². The normalized spacial score (nSPS) is 19.8. The third-order valence-corrected chi connectivity index (χ3v) is 5.55. The van der Waals surface area contributed by atoms with Crippen LogP contribution in [0.2, 0.25) is 0 Å². The van der Waals surface area contributed by atoms with E-state index in [-0.39, 0.29) is 23.5 Å². The molecule has 8 heteroatoms. The lowest BCUT2D eigenvalue weighted by atomic mass is 10.1. The molecule has 1 heterocycles. The zero-order chi connectivity index (χ0) is 17.6. The van der Waals surface area contributed by atoms with E-state index in [1.165, 1.54) is 0 Å². The Hall–Kier alpha value is -2.09. The third-order valence-electron chi connectivity index (χ3n) is 3.78. The molecule has 7 nitrogen and oxygen atoms in total. The van der Waals surface area contributed by atoms with E-state index in [0.717, 1.165) is 5.56 Å². The first-order valence-corrected chi connectivity index (χ1v) is 9.74. The third kappa shape index (κ3) is 5.52. The van der Waals surface area contributed by atoms with Gasteiger partial charge < -0.3 is 16.0 Å². The number of benzene rings is 1. The van der Waals surface area contributed by atoms with Gasteiger partial charge in [0.05, 0.1) is 11.5 Å². The summed E-state index contributed by atoms with van der Waals surface area (Å²) in [5.41, 5.74) is 1.67. The lowest BCUT2D eigenvalue weighted by Gasteiger charge is -2.16. The van der Waals surface area contributed by atoms with Crippen molar-refractivity contribution in [2.45, 2.75) is 19.4 Å². The van der Waals surface area contributed by atoms with Gasteiger partial charge in [-0.25, -0.2) is 8.42 Å². The van der Waals surface area contributed by atoms with E-state index in [1.54, 1.807) is 13.1 Å². The van der Waals surface area contributed by atoms with Crippen LogP contribution in [0.4, 0.5) is 0 Å². The molecule has 0 aromatic heterocycles. The number of hydrogen-bond acceptors (Lipinski definition) is 4. The lowest BCUT2D eigenvalue weighted by molar-refractivity contribution is 0.0954. The van der Waals surface area contributed by atoms with Gasteiger partial charge in [0.2, 0.25) is 0 Å². The molecule has 0 aliphatic carbocycles. The highest BCUT2D eigenvalue weighted by molar-refractivity contribution is 7.91. The van der Waals surface area contributed by atoms with E-state index in [0.29, 0.717) is 31.0 Å². The van der Waals surface area contributed by atoms with Crippen LogP contribution in [-0.4, -0.2) is 58.0 Å². The maximum Gasteiger partial charge on any atom is 0.251 e. The monoisotopic (exact) mass is 352 g/mol. The zero-order valence-corrected chi connectivity index (χ0v) is 14.8. The fourth-order valence-corrected chi connectivity index (χ4v) is 4.22. The second-order valence-corrected chi connectivity index (χ2v) is 8.10. The lowest BCUT2D eigenvalue weighted by Crippen LogP contribution is -2.46. The first-order valence-electron chi connectivity index (χ1n) is 7.92. The molecule has 24 heavy (non-hydrogen) atoms. The Kier molecular flexibility index (Phi) is 6.19. The summed E-state index contributed by atoms with van der Waals surface area (Å²) in [6, 6.07) is 7.30. The predicted octanol–water partition coefficient (Wildman–Crippen LogP) is 0.0769. The molecule has 2 rings (SSSR count). The van der Waals surface area contributed by atoms with Gasteiger partial charge in [0.15, 0.2) is 15.8 Å². The number of rotatable bonds is 5. The van der Waals surface area contributed by atoms with Crippen LogP contribution in [0, 0.1) is 6.92 Å². The highest BCUT2D eigenvalue weighted by Gasteiger charge is 2.28. The molecule has 1 atom stereocenters. The van der Waals surface area contributed by atoms with E-state index in [1.807, 2.05) is 25.1 Å². The SMILES string of the molecule is CN=C(NCCNC(=O)c1cccc(C)c1)NC1CCS(=O)(=O)C1. The van der Waals surface area contributed by atoms with E-state index in [9.17, 15) is 13.2 Å². The Morgan fingerprint density at radius 3 is 2.67 bits per heavy atom. The van der Waals surface area contributed by atoms with Crippen molar-refractivity contribution >= 4 is 21.7 Å². The number of amides is 1. The van der Waals surface area contributed by atoms with Gasteiger partial charge in [0.25, 0.3) is 5.91 Å². The Morgan fingerprint density at radius 2 is 2.04 bits per heavy atom. The van der Waals surface area contributed by atoms with Gasteiger partial charge >= 0.3 is 0 Å². The van der Waals surface area contributed by atoms with Crippen LogP contribution in [0.1, 0.15) is 22.3 Å². The van der Waals surface area contributed by atoms with Crippen molar-refractivity contribution in [3.05, 3.63) is 35.4 Å². The number of aliphatic imine (C=N–C) groups is 1. The number of aryl methyl sites for hydroxylation is 1. The average Bonchev–Trinajstić information content (AvgIpc) is 2.88. The van der Waals surface area contributed by atoms with Crippen molar-refractivity contribution in [1.82, 2.24) is 16.0 Å². The quantitative estimate of drug-likeness (QED) is 0.396. The van der Waals surface area contributed by atoms with Crippen LogP contribution >= 0.6 is 0 Å². The highest BCUT2D eigenvalue weighted by Crippen LogP contribution is 2.10. The maximum atomic E-state index is 12.0. The largest absolute Gasteiger partial charge is 0.355 e. The summed E-state index contributed by atoms with van der Waals surface area (Å²) >= 11 is 0. The summed E-state index contributed by atoms with van der Waals surface area (Å²) in [5, 5.41) is 9.00. The minimum absolute atomic E-state index is 0.108. The number of carbonyl (C=O) groups is 1. The molecule has 0 saturated carbocycles. The standard InChI is InChI=1S/C16H24N4O3S/c1-12-4-3-5-13(10-12)15(21)18-7-8-19-16(17-2)20-14-6-9-24(22,23)11-14/h3-5,10,14H,6-9,11H2,1-2H3,(H,18,21)(H2,17,19,20). The van der Waals surface area contributed by atoms with Crippen molar-refractivity contribution in [2.75, 3.05) is 31.6 Å². The Balaban J connectivity index is 1.71. The highest BCUT2D eigenvalue weighted by atomic mass is 32.2. The topological polar surface area (TPSA) is 99.7 Å². The summed E-state index contributed by atoms with van der Waals surface area (Å²) in [5.74, 6) is 0.777. The molecule has 1 unspecified atom stereocenters. The molecule has 1 fully saturated rings. The summed E-state index contributed by atoms with van der Waals surface area (Å²) in [7, 11) is -1.29. The number of hydrogen-bond donors (Lipinski definition) is 3. The van der Waals surface area contributed by atoms with Crippen molar-refractivity contribution in [3.8, 4) is 0 Å². The van der Waals surface area contributed by atoms with Gasteiger partial charge in [0.1, 0.15) is 0 Å². The molecule has 132 valence electrons. The van der Waals surface area contributed by atoms with E-state index in [4.69, 9.17) is 0 Å². The number of guanidine groups is 1. The molecule has 1 aliphatic rings. The minimum atomic E-state index is -2.92. The number of nitrogens with zero attached hydrogens (tertiary/aromatic N) is 1. The summed E-state index contributed by atoms with van der Waals surface area (Å²) < 4.78 is 22.9. The van der Waals surface area contributed by atoms with Gasteiger partial charge in [0, 0.05) is 31.7 Å². The zero-order valence-electron chi connectivity index (χ0n) is 14.0. The predicted molar refractivity (Wildman–Crippen MR) is 95.1 cm³/mol. The van der Waals surface area contributed by atoms with Crippen LogP contribution in [0.25, 0.3) is 0 Å². The first kappa shape index (κ1) is 18.3. The smallest absolute Gasteiger partial charge is 0.251 e.